The van der Waals surface area contributed by atoms with E-state index in [9.17, 15) is 19.2 Å². The average molecular weight is 288 g/mol. The molecule has 0 aromatic carbocycles. The van der Waals surface area contributed by atoms with Gasteiger partial charge in [-0.05, 0) is 12.8 Å². The fourth-order valence-electron chi connectivity index (χ4n) is 1.41. The topological polar surface area (TPSA) is 156 Å². The van der Waals surface area contributed by atoms with E-state index in [2.05, 4.69) is 5.32 Å². The van der Waals surface area contributed by atoms with Gasteiger partial charge in [-0.25, -0.2) is 4.79 Å². The second-order valence-electron chi connectivity index (χ2n) is 4.40. The van der Waals surface area contributed by atoms with Crippen LogP contribution in [0.5, 0.6) is 0 Å². The third-order valence-electron chi connectivity index (χ3n) is 2.49. The molecule has 20 heavy (non-hydrogen) atoms. The Labute approximate surface area is 116 Å². The number of carboxylic acid groups (broad SMARTS) is 1. The first-order chi connectivity index (χ1) is 9.23. The molecule has 1 atom stereocenters. The van der Waals surface area contributed by atoms with Crippen LogP contribution in [0.4, 0.5) is 4.79 Å². The van der Waals surface area contributed by atoms with Crippen LogP contribution in [0.25, 0.3) is 0 Å². The monoisotopic (exact) mass is 288 g/mol. The first-order valence-corrected chi connectivity index (χ1v) is 6.06. The molecule has 0 saturated carbocycles. The van der Waals surface area contributed by atoms with Gasteiger partial charge in [0, 0.05) is 6.54 Å². The fraction of sp³-hybridized carbons (Fsp3) is 0.636. The van der Waals surface area contributed by atoms with Gasteiger partial charge >= 0.3 is 12.0 Å². The maximum Gasteiger partial charge on any atom is 0.318 e. The Balaban J connectivity index is 4.16. The Bertz CT molecular complexity index is 369. The number of carbonyl (C=O) groups is 4. The number of nitrogens with zero attached hydrogens (tertiary/aromatic N) is 1. The van der Waals surface area contributed by atoms with E-state index < -0.39 is 42.8 Å². The van der Waals surface area contributed by atoms with Crippen molar-refractivity contribution in [3.8, 4) is 0 Å². The number of carboxylic acids is 1. The normalized spacial score (nSPS) is 11.4. The zero-order valence-corrected chi connectivity index (χ0v) is 11.3. The molecule has 6 N–H and O–H groups in total. The Hall–Kier alpha value is -2.32. The Kier molecular flexibility index (Phi) is 7.71. The summed E-state index contributed by atoms with van der Waals surface area (Å²) in [5, 5.41) is 11.1. The van der Waals surface area contributed by atoms with Crippen molar-refractivity contribution in [2.24, 2.45) is 17.4 Å². The molecule has 4 amide bonds. The van der Waals surface area contributed by atoms with Crippen LogP contribution in [-0.2, 0) is 14.4 Å². The van der Waals surface area contributed by atoms with Crippen molar-refractivity contribution in [3.05, 3.63) is 0 Å². The van der Waals surface area contributed by atoms with Crippen LogP contribution in [0, 0.1) is 5.92 Å². The smallest absolute Gasteiger partial charge is 0.318 e. The Morgan fingerprint density at radius 1 is 1.15 bits per heavy atom. The van der Waals surface area contributed by atoms with Crippen molar-refractivity contribution < 1.29 is 24.3 Å². The summed E-state index contributed by atoms with van der Waals surface area (Å²) in [6.45, 7) is 0.960. The van der Waals surface area contributed by atoms with Crippen LogP contribution in [0.3, 0.4) is 0 Å². The second kappa shape index (κ2) is 8.73. The highest BCUT2D eigenvalue weighted by Crippen LogP contribution is 2.04. The molecular formula is C11H20N4O5. The highest BCUT2D eigenvalue weighted by Gasteiger charge is 2.17. The van der Waals surface area contributed by atoms with E-state index in [-0.39, 0.29) is 6.54 Å². The zero-order valence-electron chi connectivity index (χ0n) is 11.3. The van der Waals surface area contributed by atoms with Crippen LogP contribution in [0.2, 0.25) is 0 Å². The number of aliphatic carboxylic acids is 1. The van der Waals surface area contributed by atoms with Crippen molar-refractivity contribution in [2.75, 3.05) is 19.6 Å². The number of primary amides is 2. The lowest BCUT2D eigenvalue weighted by molar-refractivity contribution is -0.141. The Morgan fingerprint density at radius 3 is 2.05 bits per heavy atom. The van der Waals surface area contributed by atoms with Crippen LogP contribution in [0.15, 0.2) is 0 Å². The quantitative estimate of drug-likeness (QED) is 0.379. The van der Waals surface area contributed by atoms with E-state index in [0.29, 0.717) is 12.8 Å². The van der Waals surface area contributed by atoms with Crippen LogP contribution >= 0.6 is 0 Å². The van der Waals surface area contributed by atoms with Gasteiger partial charge in [0.05, 0.1) is 5.92 Å². The molecule has 0 saturated heterocycles. The standard InChI is InChI=1S/C11H20N4O5/c1-7(10(18)19)3-2-4-14-11(20)15(5-8(12)16)6-9(13)17/h7H,2-6H2,1H3,(H2,12,16)(H2,13,17)(H,14,20)(H,18,19). The molecule has 0 bridgehead atoms. The first kappa shape index (κ1) is 17.7. The summed E-state index contributed by atoms with van der Waals surface area (Å²) in [6, 6.07) is -0.648. The number of amides is 4. The molecule has 0 heterocycles. The molecule has 0 aromatic rings. The van der Waals surface area contributed by atoms with Crippen LogP contribution in [0.1, 0.15) is 19.8 Å². The van der Waals surface area contributed by atoms with Gasteiger partial charge in [0.25, 0.3) is 0 Å². The summed E-state index contributed by atoms with van der Waals surface area (Å²) >= 11 is 0. The predicted octanol–water partition coefficient (Wildman–Crippen LogP) is -1.53. The highest BCUT2D eigenvalue weighted by atomic mass is 16.4. The van der Waals surface area contributed by atoms with E-state index >= 15 is 0 Å². The molecule has 114 valence electrons. The van der Waals surface area contributed by atoms with Crippen molar-refractivity contribution in [1.82, 2.24) is 10.2 Å². The minimum absolute atomic E-state index is 0.227. The first-order valence-electron chi connectivity index (χ1n) is 6.06. The van der Waals surface area contributed by atoms with Gasteiger partial charge in [-0.15, -0.1) is 0 Å². The molecule has 0 spiro atoms. The minimum atomic E-state index is -0.902. The van der Waals surface area contributed by atoms with Crippen molar-refractivity contribution >= 4 is 23.8 Å². The lowest BCUT2D eigenvalue weighted by atomic mass is 10.1. The van der Waals surface area contributed by atoms with E-state index in [1.54, 1.807) is 6.92 Å². The molecule has 0 aliphatic carbocycles. The molecule has 9 heteroatoms. The van der Waals surface area contributed by atoms with Gasteiger partial charge in [0.1, 0.15) is 13.1 Å². The molecule has 1 unspecified atom stereocenters. The molecular weight excluding hydrogens is 268 g/mol. The van der Waals surface area contributed by atoms with Gasteiger partial charge in [0.2, 0.25) is 11.8 Å². The van der Waals surface area contributed by atoms with E-state index in [1.165, 1.54) is 0 Å². The number of rotatable bonds is 9. The van der Waals surface area contributed by atoms with Gasteiger partial charge in [-0.2, -0.15) is 0 Å². The number of urea groups is 1. The lowest BCUT2D eigenvalue weighted by Gasteiger charge is -2.20. The van der Waals surface area contributed by atoms with E-state index in [0.717, 1.165) is 4.90 Å². The number of nitrogens with two attached hydrogens (primary N) is 2. The van der Waals surface area contributed by atoms with Gasteiger partial charge in [-0.3, -0.25) is 14.4 Å². The average Bonchev–Trinajstić information content (AvgIpc) is 2.31. The molecule has 0 radical (unpaired) electrons. The molecule has 0 aliphatic heterocycles. The lowest BCUT2D eigenvalue weighted by Crippen LogP contribution is -2.48. The second-order valence-corrected chi connectivity index (χ2v) is 4.40. The maximum absolute atomic E-state index is 11.7. The summed E-state index contributed by atoms with van der Waals surface area (Å²) < 4.78 is 0. The van der Waals surface area contributed by atoms with E-state index in [4.69, 9.17) is 16.6 Å². The zero-order chi connectivity index (χ0) is 15.7. The largest absolute Gasteiger partial charge is 0.481 e. The molecule has 0 aliphatic rings. The Morgan fingerprint density at radius 2 is 1.65 bits per heavy atom. The number of hydrogen-bond acceptors (Lipinski definition) is 4. The highest BCUT2D eigenvalue weighted by molar-refractivity contribution is 5.87. The number of nitrogens with one attached hydrogen (secondary N) is 1. The van der Waals surface area contributed by atoms with E-state index in [1.807, 2.05) is 0 Å². The van der Waals surface area contributed by atoms with Crippen LogP contribution < -0.4 is 16.8 Å². The van der Waals surface area contributed by atoms with Crippen LogP contribution in [-0.4, -0.2) is 53.5 Å². The SMILES string of the molecule is CC(CCCNC(=O)N(CC(N)=O)CC(N)=O)C(=O)O. The van der Waals surface area contributed by atoms with Gasteiger partial charge in [-0.1, -0.05) is 6.92 Å². The third-order valence-corrected chi connectivity index (χ3v) is 2.49. The third kappa shape index (κ3) is 7.90. The predicted molar refractivity (Wildman–Crippen MR) is 69.4 cm³/mol. The van der Waals surface area contributed by atoms with Gasteiger partial charge in [0.15, 0.2) is 0 Å². The molecule has 0 fully saturated rings. The fourth-order valence-corrected chi connectivity index (χ4v) is 1.41. The summed E-state index contributed by atoms with van der Waals surface area (Å²) in [7, 11) is 0. The molecule has 9 nitrogen and oxygen atoms in total. The van der Waals surface area contributed by atoms with Crippen molar-refractivity contribution in [1.29, 1.82) is 0 Å². The molecule has 0 rings (SSSR count). The number of carbonyl (C=O) groups excluding carboxylic acids is 3. The maximum atomic E-state index is 11.7. The molecule has 0 aromatic heterocycles. The van der Waals surface area contributed by atoms with Crippen molar-refractivity contribution in [3.63, 3.8) is 0 Å². The summed E-state index contributed by atoms with van der Waals surface area (Å²) in [6.07, 6.45) is 0.863. The summed E-state index contributed by atoms with van der Waals surface area (Å²) in [4.78, 5) is 44.7. The summed E-state index contributed by atoms with van der Waals surface area (Å²) in [5.74, 6) is -2.93. The summed E-state index contributed by atoms with van der Waals surface area (Å²) in [5.41, 5.74) is 9.91. The van der Waals surface area contributed by atoms with Gasteiger partial charge < -0.3 is 26.8 Å². The van der Waals surface area contributed by atoms with Crippen molar-refractivity contribution in [2.45, 2.75) is 19.8 Å². The minimum Gasteiger partial charge on any atom is -0.481 e. The number of hydrogen-bond donors (Lipinski definition) is 4.